The Kier molecular flexibility index (Phi) is 4.90. The van der Waals surface area contributed by atoms with Crippen LogP contribution in [0.2, 0.25) is 5.15 Å². The van der Waals surface area contributed by atoms with Gasteiger partial charge in [-0.05, 0) is 35.2 Å². The van der Waals surface area contributed by atoms with Gasteiger partial charge in [0, 0.05) is 24.1 Å². The molecule has 0 atom stereocenters. The van der Waals surface area contributed by atoms with Crippen LogP contribution in [0.5, 0.6) is 0 Å². The molecule has 0 N–H and O–H groups in total. The first-order chi connectivity index (χ1) is 13.2. The van der Waals surface area contributed by atoms with Crippen LogP contribution in [0.4, 0.5) is 0 Å². The van der Waals surface area contributed by atoms with Gasteiger partial charge in [0.05, 0.1) is 12.2 Å². The van der Waals surface area contributed by atoms with Crippen molar-refractivity contribution in [2.45, 2.75) is 26.3 Å². The highest BCUT2D eigenvalue weighted by Gasteiger charge is 2.24. The molecule has 27 heavy (non-hydrogen) atoms. The van der Waals surface area contributed by atoms with Crippen molar-refractivity contribution in [3.8, 4) is 11.1 Å². The predicted molar refractivity (Wildman–Crippen MR) is 107 cm³/mol. The molecule has 0 aliphatic carbocycles. The summed E-state index contributed by atoms with van der Waals surface area (Å²) >= 11 is 6.18. The average Bonchev–Trinajstić information content (AvgIpc) is 2.73. The number of aromatic nitrogens is 2. The molecule has 4 nitrogen and oxygen atoms in total. The monoisotopic (exact) mass is 377 g/mol. The Morgan fingerprint density at radius 1 is 1.04 bits per heavy atom. The molecule has 0 radical (unpaired) electrons. The number of benzene rings is 2. The van der Waals surface area contributed by atoms with Crippen molar-refractivity contribution in [1.29, 1.82) is 0 Å². The maximum atomic E-state index is 12.9. The maximum absolute atomic E-state index is 12.9. The molecule has 1 amide bonds. The van der Waals surface area contributed by atoms with E-state index in [4.69, 9.17) is 11.6 Å². The highest BCUT2D eigenvalue weighted by molar-refractivity contribution is 6.30. The zero-order valence-corrected chi connectivity index (χ0v) is 15.9. The number of hydrogen-bond acceptors (Lipinski definition) is 3. The summed E-state index contributed by atoms with van der Waals surface area (Å²) in [5.41, 5.74) is 6.05. The second kappa shape index (κ2) is 7.49. The summed E-state index contributed by atoms with van der Waals surface area (Å²) < 4.78 is 0. The third-order valence-corrected chi connectivity index (χ3v) is 5.39. The van der Waals surface area contributed by atoms with Gasteiger partial charge in [0.15, 0.2) is 0 Å². The second-order valence-electron chi connectivity index (χ2n) is 6.69. The van der Waals surface area contributed by atoms with Gasteiger partial charge in [-0.3, -0.25) is 4.79 Å². The number of aryl methyl sites for hydroxylation is 1. The summed E-state index contributed by atoms with van der Waals surface area (Å²) in [7, 11) is 0. The van der Waals surface area contributed by atoms with E-state index < -0.39 is 0 Å². The Hall–Kier alpha value is -2.72. The van der Waals surface area contributed by atoms with E-state index in [9.17, 15) is 4.79 Å². The van der Waals surface area contributed by atoms with Crippen molar-refractivity contribution in [3.63, 3.8) is 0 Å². The summed E-state index contributed by atoms with van der Waals surface area (Å²) in [6.45, 7) is 3.24. The lowest BCUT2D eigenvalue weighted by Gasteiger charge is -2.28. The van der Waals surface area contributed by atoms with Crippen LogP contribution in [0.25, 0.3) is 11.1 Å². The quantitative estimate of drug-likeness (QED) is 0.628. The number of hydrogen-bond donors (Lipinski definition) is 0. The van der Waals surface area contributed by atoms with E-state index >= 15 is 0 Å². The lowest BCUT2D eigenvalue weighted by Crippen LogP contribution is -2.36. The van der Waals surface area contributed by atoms with Crippen LogP contribution < -0.4 is 0 Å². The predicted octanol–water partition coefficient (Wildman–Crippen LogP) is 4.56. The first-order valence-electron chi connectivity index (χ1n) is 9.12. The Morgan fingerprint density at radius 2 is 1.70 bits per heavy atom. The summed E-state index contributed by atoms with van der Waals surface area (Å²) in [6.07, 6.45) is 3.21. The van der Waals surface area contributed by atoms with E-state index in [1.165, 1.54) is 11.9 Å². The molecule has 1 aliphatic heterocycles. The molecular weight excluding hydrogens is 358 g/mol. The Morgan fingerprint density at radius 3 is 2.37 bits per heavy atom. The van der Waals surface area contributed by atoms with Gasteiger partial charge in [0.25, 0.3) is 5.91 Å². The second-order valence-corrected chi connectivity index (χ2v) is 7.05. The molecule has 3 aromatic rings. The van der Waals surface area contributed by atoms with Gasteiger partial charge < -0.3 is 4.90 Å². The number of amides is 1. The largest absolute Gasteiger partial charge is 0.334 e. The zero-order valence-electron chi connectivity index (χ0n) is 15.2. The summed E-state index contributed by atoms with van der Waals surface area (Å²) in [6, 6.07) is 16.3. The molecule has 0 unspecified atom stereocenters. The Bertz CT molecular complexity index is 968. The molecule has 0 bridgehead atoms. The van der Waals surface area contributed by atoms with Crippen molar-refractivity contribution in [3.05, 3.63) is 82.4 Å². The molecule has 1 aliphatic rings. The molecular formula is C22H20ClN3O. The highest BCUT2D eigenvalue weighted by Crippen LogP contribution is 2.25. The first kappa shape index (κ1) is 17.7. The van der Waals surface area contributed by atoms with Gasteiger partial charge >= 0.3 is 0 Å². The van der Waals surface area contributed by atoms with Gasteiger partial charge in [-0.1, -0.05) is 54.9 Å². The third kappa shape index (κ3) is 3.58. The lowest BCUT2D eigenvalue weighted by molar-refractivity contribution is 0.0733. The lowest BCUT2D eigenvalue weighted by atomic mass is 10.0. The van der Waals surface area contributed by atoms with Crippen molar-refractivity contribution >= 4 is 17.5 Å². The van der Waals surface area contributed by atoms with Crippen LogP contribution in [-0.2, 0) is 19.4 Å². The molecule has 1 aromatic heterocycles. The number of fused-ring (bicyclic) bond motifs is 1. The van der Waals surface area contributed by atoms with E-state index in [1.54, 1.807) is 0 Å². The molecule has 0 saturated heterocycles. The minimum atomic E-state index is 0.00782. The number of rotatable bonds is 3. The summed E-state index contributed by atoms with van der Waals surface area (Å²) in [4.78, 5) is 23.0. The van der Waals surface area contributed by atoms with Crippen molar-refractivity contribution in [2.75, 3.05) is 6.54 Å². The van der Waals surface area contributed by atoms with E-state index in [1.807, 2.05) is 29.2 Å². The van der Waals surface area contributed by atoms with Crippen molar-refractivity contribution in [1.82, 2.24) is 14.9 Å². The number of halogens is 1. The van der Waals surface area contributed by atoms with Gasteiger partial charge in [0.2, 0.25) is 0 Å². The SMILES string of the molecule is CCc1ccc(-c2ccc(C(=O)N3CCc4ncnc(Cl)c4C3)cc2)cc1. The first-order valence-corrected chi connectivity index (χ1v) is 9.50. The molecule has 2 aromatic carbocycles. The minimum absolute atomic E-state index is 0.00782. The fourth-order valence-electron chi connectivity index (χ4n) is 3.40. The van der Waals surface area contributed by atoms with Crippen LogP contribution >= 0.6 is 11.6 Å². The zero-order chi connectivity index (χ0) is 18.8. The minimum Gasteiger partial charge on any atom is -0.334 e. The average molecular weight is 378 g/mol. The highest BCUT2D eigenvalue weighted by atomic mass is 35.5. The maximum Gasteiger partial charge on any atom is 0.254 e. The van der Waals surface area contributed by atoms with E-state index in [0.29, 0.717) is 30.2 Å². The molecule has 4 rings (SSSR count). The molecule has 136 valence electrons. The molecule has 5 heteroatoms. The molecule has 0 fully saturated rings. The van der Waals surface area contributed by atoms with E-state index in [2.05, 4.69) is 41.2 Å². The summed E-state index contributed by atoms with van der Waals surface area (Å²) in [5, 5.41) is 0.434. The normalized spacial score (nSPS) is 13.3. The Labute approximate surface area is 163 Å². The molecule has 2 heterocycles. The Balaban J connectivity index is 1.52. The van der Waals surface area contributed by atoms with Gasteiger partial charge in [-0.15, -0.1) is 0 Å². The van der Waals surface area contributed by atoms with Crippen LogP contribution in [0.1, 0.15) is 34.1 Å². The van der Waals surface area contributed by atoms with E-state index in [-0.39, 0.29) is 5.91 Å². The van der Waals surface area contributed by atoms with Crippen LogP contribution in [0.15, 0.2) is 54.9 Å². The number of nitrogens with zero attached hydrogens (tertiary/aromatic N) is 3. The van der Waals surface area contributed by atoms with Gasteiger partial charge in [-0.2, -0.15) is 0 Å². The smallest absolute Gasteiger partial charge is 0.254 e. The molecule has 0 saturated carbocycles. The van der Waals surface area contributed by atoms with Crippen molar-refractivity contribution in [2.24, 2.45) is 0 Å². The van der Waals surface area contributed by atoms with Gasteiger partial charge in [0.1, 0.15) is 11.5 Å². The summed E-state index contributed by atoms with van der Waals surface area (Å²) in [5.74, 6) is 0.00782. The fourth-order valence-corrected chi connectivity index (χ4v) is 3.61. The standard InChI is InChI=1S/C22H20ClN3O/c1-2-15-3-5-16(6-4-15)17-7-9-18(10-8-17)22(27)26-12-11-20-19(13-26)21(23)25-14-24-20/h3-10,14H,2,11-13H2,1H3. The van der Waals surface area contributed by atoms with Crippen LogP contribution in [-0.4, -0.2) is 27.3 Å². The third-order valence-electron chi connectivity index (χ3n) is 5.06. The van der Waals surface area contributed by atoms with E-state index in [0.717, 1.165) is 28.8 Å². The number of carbonyl (C=O) groups is 1. The molecule has 0 spiro atoms. The van der Waals surface area contributed by atoms with Crippen LogP contribution in [0.3, 0.4) is 0 Å². The number of carbonyl (C=O) groups excluding carboxylic acids is 1. The topological polar surface area (TPSA) is 46.1 Å². The van der Waals surface area contributed by atoms with Gasteiger partial charge in [-0.25, -0.2) is 9.97 Å². The van der Waals surface area contributed by atoms with Crippen LogP contribution in [0, 0.1) is 0 Å². The fraction of sp³-hybridized carbons (Fsp3) is 0.227. The van der Waals surface area contributed by atoms with Crippen molar-refractivity contribution < 1.29 is 4.79 Å².